The number of nitrogen functional groups attached to an aromatic ring is 1. The Morgan fingerprint density at radius 2 is 1.81 bits per heavy atom. The van der Waals surface area contributed by atoms with Crippen molar-refractivity contribution < 1.29 is 0 Å². The lowest BCUT2D eigenvalue weighted by atomic mass is 10.0. The highest BCUT2D eigenvalue weighted by molar-refractivity contribution is 5.91. The zero-order valence-electron chi connectivity index (χ0n) is 11.5. The molecule has 4 nitrogen and oxygen atoms in total. The van der Waals surface area contributed by atoms with Gasteiger partial charge < -0.3 is 5.73 Å². The summed E-state index contributed by atoms with van der Waals surface area (Å²) in [5.41, 5.74) is 7.81. The van der Waals surface area contributed by atoms with E-state index >= 15 is 0 Å². The summed E-state index contributed by atoms with van der Waals surface area (Å²) in [6.45, 7) is 1.91. The number of hydrogen-bond acceptors (Lipinski definition) is 3. The second-order valence-corrected chi connectivity index (χ2v) is 4.90. The molecule has 1 aromatic heterocycles. The molecule has 0 saturated carbocycles. The lowest BCUT2D eigenvalue weighted by Gasteiger charge is -2.13. The van der Waals surface area contributed by atoms with Gasteiger partial charge in [0.2, 0.25) is 0 Å². The van der Waals surface area contributed by atoms with Gasteiger partial charge in [0.05, 0.1) is 5.69 Å². The van der Waals surface area contributed by atoms with Gasteiger partial charge in [-0.25, -0.2) is 0 Å². The fraction of sp³-hybridized carbons (Fsp3) is 0.0588. The van der Waals surface area contributed by atoms with Crippen LogP contribution in [-0.4, -0.2) is 4.57 Å². The Hall–Kier alpha value is -3.06. The summed E-state index contributed by atoms with van der Waals surface area (Å²) in [5.74, 6) is 0.171. The van der Waals surface area contributed by atoms with Crippen LogP contribution < -0.4 is 11.3 Å². The largest absolute Gasteiger partial charge is 0.384 e. The topological polar surface area (TPSA) is 71.8 Å². The van der Waals surface area contributed by atoms with E-state index in [1.807, 2.05) is 31.2 Å². The maximum Gasteiger partial charge on any atom is 0.264 e. The predicted octanol–water partition coefficient (Wildman–Crippen LogP) is 2.75. The van der Waals surface area contributed by atoms with E-state index in [1.165, 1.54) is 4.57 Å². The number of hydrogen-bond donors (Lipinski definition) is 1. The number of nitrogens with zero attached hydrogens (tertiary/aromatic N) is 2. The molecule has 0 aliphatic carbocycles. The Bertz CT molecular complexity index is 934. The van der Waals surface area contributed by atoms with Crippen LogP contribution in [-0.2, 0) is 0 Å². The molecule has 0 spiro atoms. The maximum absolute atomic E-state index is 12.7. The number of pyridine rings is 1. The number of nitriles is 1. The molecule has 0 aliphatic rings. The van der Waals surface area contributed by atoms with Crippen LogP contribution in [0.2, 0.25) is 0 Å². The summed E-state index contributed by atoms with van der Waals surface area (Å²) in [7, 11) is 0. The SMILES string of the molecule is Cc1ccc2c(C#N)c(N)n(-c3ccccc3)c(=O)c2c1. The Morgan fingerprint density at radius 3 is 2.48 bits per heavy atom. The predicted molar refractivity (Wildman–Crippen MR) is 83.4 cm³/mol. The molecule has 2 N–H and O–H groups in total. The molecule has 0 aliphatic heterocycles. The van der Waals surface area contributed by atoms with Crippen molar-refractivity contribution in [1.29, 1.82) is 5.26 Å². The third-order valence-electron chi connectivity index (χ3n) is 3.50. The van der Waals surface area contributed by atoms with Gasteiger partial charge in [0, 0.05) is 10.8 Å². The normalized spacial score (nSPS) is 10.5. The van der Waals surface area contributed by atoms with Crippen molar-refractivity contribution in [1.82, 2.24) is 4.57 Å². The quantitative estimate of drug-likeness (QED) is 0.742. The minimum atomic E-state index is -0.212. The molecular formula is C17H13N3O. The summed E-state index contributed by atoms with van der Waals surface area (Å²) < 4.78 is 1.39. The molecule has 2 aromatic carbocycles. The van der Waals surface area contributed by atoms with Crippen molar-refractivity contribution in [3.8, 4) is 11.8 Å². The van der Waals surface area contributed by atoms with Gasteiger partial charge in [-0.3, -0.25) is 9.36 Å². The maximum atomic E-state index is 12.7. The van der Waals surface area contributed by atoms with Gasteiger partial charge in [-0.15, -0.1) is 0 Å². The van der Waals surface area contributed by atoms with E-state index in [1.54, 1.807) is 24.3 Å². The van der Waals surface area contributed by atoms with Gasteiger partial charge in [0.1, 0.15) is 17.5 Å². The van der Waals surface area contributed by atoms with Crippen molar-refractivity contribution in [3.63, 3.8) is 0 Å². The van der Waals surface area contributed by atoms with Crippen molar-refractivity contribution in [3.05, 3.63) is 70.0 Å². The average molecular weight is 275 g/mol. The summed E-state index contributed by atoms with van der Waals surface area (Å²) in [6, 6.07) is 16.6. The molecular weight excluding hydrogens is 262 g/mol. The number of benzene rings is 2. The average Bonchev–Trinajstić information content (AvgIpc) is 2.50. The molecule has 0 atom stereocenters. The number of aryl methyl sites for hydroxylation is 1. The van der Waals surface area contributed by atoms with Crippen LogP contribution in [0.3, 0.4) is 0 Å². The van der Waals surface area contributed by atoms with Gasteiger partial charge >= 0.3 is 0 Å². The van der Waals surface area contributed by atoms with Crippen molar-refractivity contribution in [2.45, 2.75) is 6.92 Å². The van der Waals surface area contributed by atoms with E-state index in [0.29, 0.717) is 22.0 Å². The Kier molecular flexibility index (Phi) is 2.96. The summed E-state index contributed by atoms with van der Waals surface area (Å²) in [4.78, 5) is 12.7. The highest BCUT2D eigenvalue weighted by Gasteiger charge is 2.15. The summed E-state index contributed by atoms with van der Waals surface area (Å²) in [6.07, 6.45) is 0. The highest BCUT2D eigenvalue weighted by Crippen LogP contribution is 2.24. The van der Waals surface area contributed by atoms with Gasteiger partial charge in [-0.05, 0) is 25.1 Å². The fourth-order valence-corrected chi connectivity index (χ4v) is 2.48. The van der Waals surface area contributed by atoms with E-state index < -0.39 is 0 Å². The van der Waals surface area contributed by atoms with Gasteiger partial charge in [0.25, 0.3) is 5.56 Å². The van der Waals surface area contributed by atoms with Crippen LogP contribution in [0.1, 0.15) is 11.1 Å². The molecule has 0 fully saturated rings. The number of fused-ring (bicyclic) bond motifs is 1. The molecule has 21 heavy (non-hydrogen) atoms. The molecule has 4 heteroatoms. The molecule has 0 bridgehead atoms. The second-order valence-electron chi connectivity index (χ2n) is 4.90. The molecule has 102 valence electrons. The first-order valence-electron chi connectivity index (χ1n) is 6.54. The van der Waals surface area contributed by atoms with Gasteiger partial charge in [-0.1, -0.05) is 35.9 Å². The second kappa shape index (κ2) is 4.80. The Balaban J connectivity index is 2.53. The molecule has 0 unspecified atom stereocenters. The minimum Gasteiger partial charge on any atom is -0.384 e. The van der Waals surface area contributed by atoms with E-state index in [2.05, 4.69) is 6.07 Å². The number of rotatable bonds is 1. The number of para-hydroxylation sites is 1. The van der Waals surface area contributed by atoms with Crippen LogP contribution in [0.15, 0.2) is 53.3 Å². The Morgan fingerprint density at radius 1 is 1.10 bits per heavy atom. The zero-order chi connectivity index (χ0) is 15.0. The third-order valence-corrected chi connectivity index (χ3v) is 3.50. The molecule has 0 saturated heterocycles. The summed E-state index contributed by atoms with van der Waals surface area (Å²) >= 11 is 0. The lowest BCUT2D eigenvalue weighted by molar-refractivity contribution is 1.02. The van der Waals surface area contributed by atoms with Crippen LogP contribution in [0.25, 0.3) is 16.5 Å². The third kappa shape index (κ3) is 1.96. The Labute approximate surface area is 121 Å². The van der Waals surface area contributed by atoms with Crippen molar-refractivity contribution >= 4 is 16.6 Å². The first-order chi connectivity index (χ1) is 10.1. The van der Waals surface area contributed by atoms with Crippen LogP contribution in [0.4, 0.5) is 5.82 Å². The number of aromatic nitrogens is 1. The van der Waals surface area contributed by atoms with Gasteiger partial charge in [0.15, 0.2) is 0 Å². The molecule has 0 radical (unpaired) electrons. The molecule has 1 heterocycles. The van der Waals surface area contributed by atoms with Crippen molar-refractivity contribution in [2.75, 3.05) is 5.73 Å². The molecule has 3 rings (SSSR count). The van der Waals surface area contributed by atoms with E-state index in [0.717, 1.165) is 5.56 Å². The van der Waals surface area contributed by atoms with Crippen LogP contribution in [0.5, 0.6) is 0 Å². The summed E-state index contributed by atoms with van der Waals surface area (Å²) in [5, 5.41) is 10.5. The van der Waals surface area contributed by atoms with Crippen LogP contribution >= 0.6 is 0 Å². The van der Waals surface area contributed by atoms with E-state index in [-0.39, 0.29) is 11.4 Å². The minimum absolute atomic E-state index is 0.171. The highest BCUT2D eigenvalue weighted by atomic mass is 16.1. The zero-order valence-corrected chi connectivity index (χ0v) is 11.5. The standard InChI is InChI=1S/C17H13N3O/c1-11-7-8-13-14(9-11)17(21)20(16(19)15(13)10-18)12-5-3-2-4-6-12/h2-9H,19H2,1H3. The van der Waals surface area contributed by atoms with Crippen molar-refractivity contribution in [2.24, 2.45) is 0 Å². The first-order valence-corrected chi connectivity index (χ1v) is 6.54. The lowest BCUT2D eigenvalue weighted by Crippen LogP contribution is -2.23. The smallest absolute Gasteiger partial charge is 0.264 e. The van der Waals surface area contributed by atoms with Gasteiger partial charge in [-0.2, -0.15) is 5.26 Å². The first kappa shape index (κ1) is 12.9. The monoisotopic (exact) mass is 275 g/mol. The van der Waals surface area contributed by atoms with E-state index in [9.17, 15) is 10.1 Å². The van der Waals surface area contributed by atoms with Crippen LogP contribution in [0, 0.1) is 18.3 Å². The number of anilines is 1. The fourth-order valence-electron chi connectivity index (χ4n) is 2.48. The molecule has 0 amide bonds. The molecule has 3 aromatic rings. The van der Waals surface area contributed by atoms with E-state index in [4.69, 9.17) is 5.73 Å². The number of nitrogens with two attached hydrogens (primary N) is 1.